The average Bonchev–Trinajstić information content (AvgIpc) is 3.08. The van der Waals surface area contributed by atoms with Gasteiger partial charge in [-0.2, -0.15) is 0 Å². The Bertz CT molecular complexity index is 1280. The Morgan fingerprint density at radius 1 is 1.16 bits per heavy atom. The van der Waals surface area contributed by atoms with Crippen LogP contribution in [-0.2, 0) is 24.5 Å². The van der Waals surface area contributed by atoms with Crippen LogP contribution >= 0.6 is 23.2 Å². The lowest BCUT2D eigenvalue weighted by molar-refractivity contribution is -0.163. The maximum Gasteiger partial charge on any atom is 0.326 e. The number of ether oxygens (including phenoxy) is 1. The van der Waals surface area contributed by atoms with Gasteiger partial charge in [0.15, 0.2) is 0 Å². The predicted molar refractivity (Wildman–Crippen MR) is 146 cm³/mol. The minimum atomic E-state index is -1.21. The van der Waals surface area contributed by atoms with Crippen LogP contribution < -0.4 is 5.32 Å². The van der Waals surface area contributed by atoms with Crippen LogP contribution in [0, 0.1) is 0 Å². The van der Waals surface area contributed by atoms with Gasteiger partial charge in [-0.1, -0.05) is 60.0 Å². The standard InChI is InChI=1S/C29H32Cl2N2O4/c1-6-17(7-2)26-29(21-12-11-20(31)14-23(21)32-27(29)36)22(18-9-8-10-19(30)13-18)15-24(34)33(26)16-25(35)37-28(3,4)5/h6,8-14,22,26H,7,15-16H2,1-5H3,(H,32,36)/t22-,26+,29-/m0/s1. The molecule has 2 amide bonds. The minimum absolute atomic E-state index is 0.0236. The Balaban J connectivity index is 1.99. The van der Waals surface area contributed by atoms with E-state index in [4.69, 9.17) is 27.9 Å². The molecule has 0 bridgehead atoms. The highest BCUT2D eigenvalue weighted by Gasteiger charge is 2.63. The number of amides is 2. The molecule has 2 aromatic rings. The third kappa shape index (κ3) is 4.89. The van der Waals surface area contributed by atoms with Crippen molar-refractivity contribution in [3.05, 3.63) is 75.3 Å². The van der Waals surface area contributed by atoms with Gasteiger partial charge < -0.3 is 15.0 Å². The molecule has 4 rings (SSSR count). The molecule has 0 aromatic heterocycles. The molecule has 1 fully saturated rings. The molecule has 0 unspecified atom stereocenters. The van der Waals surface area contributed by atoms with Gasteiger partial charge in [-0.15, -0.1) is 0 Å². The number of allylic oxidation sites excluding steroid dienone is 1. The topological polar surface area (TPSA) is 75.7 Å². The van der Waals surface area contributed by atoms with Crippen molar-refractivity contribution in [2.24, 2.45) is 0 Å². The fourth-order valence-electron chi connectivity index (χ4n) is 5.82. The Kier molecular flexibility index (Phi) is 7.46. The molecule has 37 heavy (non-hydrogen) atoms. The van der Waals surface area contributed by atoms with Crippen molar-refractivity contribution in [3.63, 3.8) is 0 Å². The molecule has 1 saturated heterocycles. The van der Waals surface area contributed by atoms with Crippen LogP contribution in [-0.4, -0.2) is 40.9 Å². The lowest BCUT2D eigenvalue weighted by Crippen LogP contribution is -2.64. The summed E-state index contributed by atoms with van der Waals surface area (Å²) in [6, 6.07) is 11.9. The highest BCUT2D eigenvalue weighted by Crippen LogP contribution is 2.57. The van der Waals surface area contributed by atoms with Gasteiger partial charge in [0, 0.05) is 28.1 Å². The number of likely N-dealkylation sites (tertiary alicyclic amines) is 1. The van der Waals surface area contributed by atoms with Crippen molar-refractivity contribution in [3.8, 4) is 0 Å². The van der Waals surface area contributed by atoms with Crippen LogP contribution in [0.25, 0.3) is 0 Å². The van der Waals surface area contributed by atoms with Gasteiger partial charge in [0.05, 0.1) is 6.04 Å². The predicted octanol–water partition coefficient (Wildman–Crippen LogP) is 6.27. The fourth-order valence-corrected chi connectivity index (χ4v) is 6.19. The summed E-state index contributed by atoms with van der Waals surface area (Å²) >= 11 is 12.7. The number of halogens is 2. The minimum Gasteiger partial charge on any atom is -0.459 e. The number of rotatable bonds is 5. The van der Waals surface area contributed by atoms with Crippen LogP contribution in [0.1, 0.15) is 64.5 Å². The third-order valence-corrected chi connectivity index (χ3v) is 7.61. The monoisotopic (exact) mass is 542 g/mol. The second kappa shape index (κ2) is 10.1. The molecule has 3 atom stereocenters. The number of carbonyl (C=O) groups is 3. The number of anilines is 1. The van der Waals surface area contributed by atoms with E-state index in [1.807, 2.05) is 44.2 Å². The maximum atomic E-state index is 14.2. The molecule has 2 aliphatic rings. The van der Waals surface area contributed by atoms with Crippen molar-refractivity contribution in [1.29, 1.82) is 0 Å². The SMILES string of the molecule is CC=C(CC)[C@H]1N(CC(=O)OC(C)(C)C)C(=O)C[C@@H](c2cccc(Cl)c2)[C@]12C(=O)Nc1cc(Cl)ccc12. The molecule has 8 heteroatoms. The van der Waals surface area contributed by atoms with E-state index in [0.29, 0.717) is 22.2 Å². The number of hydrogen-bond acceptors (Lipinski definition) is 4. The Morgan fingerprint density at radius 2 is 1.86 bits per heavy atom. The van der Waals surface area contributed by atoms with Crippen LogP contribution in [0.4, 0.5) is 5.69 Å². The summed E-state index contributed by atoms with van der Waals surface area (Å²) < 4.78 is 5.59. The number of hydrogen-bond donors (Lipinski definition) is 1. The smallest absolute Gasteiger partial charge is 0.326 e. The zero-order valence-electron chi connectivity index (χ0n) is 21.7. The Hall–Kier alpha value is -2.83. The summed E-state index contributed by atoms with van der Waals surface area (Å²) in [6.45, 7) is 8.96. The first kappa shape index (κ1) is 27.2. The summed E-state index contributed by atoms with van der Waals surface area (Å²) in [5, 5.41) is 4.05. The third-order valence-electron chi connectivity index (χ3n) is 7.14. The van der Waals surface area contributed by atoms with E-state index in [2.05, 4.69) is 5.32 Å². The zero-order valence-corrected chi connectivity index (χ0v) is 23.2. The van der Waals surface area contributed by atoms with Crippen LogP contribution in [0.5, 0.6) is 0 Å². The van der Waals surface area contributed by atoms with E-state index >= 15 is 0 Å². The molecular weight excluding hydrogens is 511 g/mol. The molecule has 2 aromatic carbocycles. The van der Waals surface area contributed by atoms with Crippen molar-refractivity contribution < 1.29 is 19.1 Å². The fraction of sp³-hybridized carbons (Fsp3) is 0.414. The first-order valence-electron chi connectivity index (χ1n) is 12.5. The van der Waals surface area contributed by atoms with Crippen LogP contribution in [0.2, 0.25) is 10.0 Å². The number of fused-ring (bicyclic) bond motifs is 2. The summed E-state index contributed by atoms with van der Waals surface area (Å²) in [5.41, 5.74) is 1.08. The van der Waals surface area contributed by atoms with Crippen molar-refractivity contribution in [2.45, 2.75) is 70.4 Å². The number of nitrogens with zero attached hydrogens (tertiary/aromatic N) is 1. The maximum absolute atomic E-state index is 14.2. The van der Waals surface area contributed by atoms with E-state index in [9.17, 15) is 14.4 Å². The summed E-state index contributed by atoms with van der Waals surface area (Å²) in [5.74, 6) is -1.52. The summed E-state index contributed by atoms with van der Waals surface area (Å²) in [4.78, 5) is 42.6. The van der Waals surface area contributed by atoms with Gasteiger partial charge in [0.2, 0.25) is 11.8 Å². The number of piperidine rings is 1. The summed E-state index contributed by atoms with van der Waals surface area (Å²) in [6.07, 6.45) is 2.54. The summed E-state index contributed by atoms with van der Waals surface area (Å²) in [7, 11) is 0. The van der Waals surface area contributed by atoms with Crippen molar-refractivity contribution in [1.82, 2.24) is 4.90 Å². The van der Waals surface area contributed by atoms with Gasteiger partial charge in [-0.05, 0) is 69.5 Å². The molecule has 1 N–H and O–H groups in total. The van der Waals surface area contributed by atoms with Crippen molar-refractivity contribution >= 4 is 46.7 Å². The molecule has 0 aliphatic carbocycles. The van der Waals surface area contributed by atoms with E-state index in [-0.39, 0.29) is 24.8 Å². The first-order valence-corrected chi connectivity index (χ1v) is 13.2. The molecule has 196 valence electrons. The molecule has 6 nitrogen and oxygen atoms in total. The first-order chi connectivity index (χ1) is 17.4. The Labute approximate surface area is 228 Å². The lowest BCUT2D eigenvalue weighted by Gasteiger charge is -2.52. The Morgan fingerprint density at radius 3 is 2.49 bits per heavy atom. The molecule has 2 heterocycles. The van der Waals surface area contributed by atoms with E-state index in [0.717, 1.165) is 16.7 Å². The lowest BCUT2D eigenvalue weighted by atomic mass is 9.58. The van der Waals surface area contributed by atoms with Gasteiger partial charge in [-0.25, -0.2) is 0 Å². The highest BCUT2D eigenvalue weighted by atomic mass is 35.5. The second-order valence-corrected chi connectivity index (χ2v) is 11.4. The molecule has 1 spiro atoms. The average molecular weight is 543 g/mol. The second-order valence-electron chi connectivity index (χ2n) is 10.6. The quantitative estimate of drug-likeness (QED) is 0.357. The van der Waals surface area contributed by atoms with Gasteiger partial charge in [0.25, 0.3) is 0 Å². The molecule has 2 aliphatic heterocycles. The van der Waals surface area contributed by atoms with Crippen molar-refractivity contribution in [2.75, 3.05) is 11.9 Å². The van der Waals surface area contributed by atoms with Crippen LogP contribution in [0.15, 0.2) is 54.1 Å². The highest BCUT2D eigenvalue weighted by molar-refractivity contribution is 6.31. The number of esters is 1. The van der Waals surface area contributed by atoms with E-state index in [1.165, 1.54) is 4.90 Å². The number of nitrogens with one attached hydrogen (secondary N) is 1. The molecule has 0 radical (unpaired) electrons. The number of benzene rings is 2. The molecule has 0 saturated carbocycles. The van der Waals surface area contributed by atoms with Gasteiger partial charge in [-0.3, -0.25) is 14.4 Å². The largest absolute Gasteiger partial charge is 0.459 e. The normalized spacial score (nSPS) is 23.8. The van der Waals surface area contributed by atoms with Gasteiger partial charge in [0.1, 0.15) is 17.6 Å². The van der Waals surface area contributed by atoms with E-state index < -0.39 is 28.9 Å². The zero-order chi connectivity index (χ0) is 27.1. The van der Waals surface area contributed by atoms with Gasteiger partial charge >= 0.3 is 5.97 Å². The molecular formula is C29H32Cl2N2O4. The number of carbonyl (C=O) groups excluding carboxylic acids is 3. The van der Waals surface area contributed by atoms with E-state index in [1.54, 1.807) is 39.0 Å². The van der Waals surface area contributed by atoms with Crippen LogP contribution in [0.3, 0.4) is 0 Å².